The minimum Gasteiger partial charge on any atom is -0.400 e. The molecular weight excluding hydrogens is 203 g/mol. The summed E-state index contributed by atoms with van der Waals surface area (Å²) in [6.07, 6.45) is 0. The summed E-state index contributed by atoms with van der Waals surface area (Å²) in [6.45, 7) is 0. The van der Waals surface area contributed by atoms with E-state index in [1.54, 1.807) is 0 Å². The van der Waals surface area contributed by atoms with Crippen molar-refractivity contribution in [1.29, 1.82) is 21.0 Å². The Morgan fingerprint density at radius 3 is 1.80 bits per heavy atom. The van der Waals surface area contributed by atoms with Gasteiger partial charge in [-0.2, -0.15) is 21.0 Å². The first-order chi connectivity index (χ1) is 7.06. The fraction of sp³-hybridized carbons (Fsp3) is 0.333. The number of nitrogens with zero attached hydrogens (tertiary/aromatic N) is 4. The number of hydrogen-bond acceptors (Lipinski definition) is 8. The Morgan fingerprint density at radius 2 is 1.53 bits per heavy atom. The lowest BCUT2D eigenvalue weighted by atomic mass is 9.93. The molecule has 8 nitrogen and oxygen atoms in total. The molecule has 0 spiro atoms. The van der Waals surface area contributed by atoms with Crippen molar-refractivity contribution in [3.8, 4) is 24.3 Å². The molecule has 0 aromatic rings. The van der Waals surface area contributed by atoms with Gasteiger partial charge in [-0.3, -0.25) is 0 Å². The average molecular weight is 206 g/mol. The highest BCUT2D eigenvalue weighted by Crippen LogP contribution is 2.20. The van der Waals surface area contributed by atoms with Gasteiger partial charge in [-0.15, -0.1) is 0 Å². The van der Waals surface area contributed by atoms with Crippen molar-refractivity contribution in [2.45, 2.75) is 5.60 Å². The Balaban J connectivity index is 4.96. The molecule has 0 heterocycles. The summed E-state index contributed by atoms with van der Waals surface area (Å²) in [5, 5.41) is 50.6. The molecule has 0 bridgehead atoms. The second-order valence-electron chi connectivity index (χ2n) is 2.16. The average Bonchev–Trinajstić information content (AvgIpc) is 2.24. The van der Waals surface area contributed by atoms with Gasteiger partial charge in [0, 0.05) is 0 Å². The Hall–Kier alpha value is -2.14. The largest absolute Gasteiger partial charge is 0.662 e. The van der Waals surface area contributed by atoms with Gasteiger partial charge in [-0.25, -0.2) is 9.69 Å². The molecule has 0 unspecified atom stereocenters. The molecule has 0 aromatic heterocycles. The third kappa shape index (κ3) is 2.93. The van der Waals surface area contributed by atoms with Crippen molar-refractivity contribution in [2.75, 3.05) is 0 Å². The van der Waals surface area contributed by atoms with E-state index < -0.39 is 18.8 Å². The van der Waals surface area contributed by atoms with Gasteiger partial charge in [0.05, 0.1) is 12.1 Å². The van der Waals surface area contributed by atoms with Gasteiger partial charge in [0.25, 0.3) is 5.60 Å². The van der Waals surface area contributed by atoms with Crippen LogP contribution in [0, 0.1) is 51.2 Å². The highest BCUT2D eigenvalue weighted by Gasteiger charge is 2.44. The molecule has 0 atom stereocenters. The molecule has 2 N–H and O–H groups in total. The van der Waals surface area contributed by atoms with Crippen molar-refractivity contribution < 1.29 is 19.7 Å². The summed E-state index contributed by atoms with van der Waals surface area (Å²) in [5.41, 5.74) is -2.52. The first kappa shape index (κ1) is 12.9. The Labute approximate surface area is 84.8 Å². The number of rotatable bonds is 4. The maximum atomic E-state index is 8.58. The predicted octanol–water partition coefficient (Wildman–Crippen LogP) is -1.65. The zero-order chi connectivity index (χ0) is 11.9. The third-order valence-corrected chi connectivity index (χ3v) is 1.26. The normalized spacial score (nSPS) is 9.53. The van der Waals surface area contributed by atoms with Crippen LogP contribution in [-0.2, 0) is 9.69 Å². The first-order valence-corrected chi connectivity index (χ1v) is 3.38. The van der Waals surface area contributed by atoms with E-state index in [0.29, 0.717) is 0 Å². The van der Waals surface area contributed by atoms with Gasteiger partial charge < -0.3 is 10.0 Å². The van der Waals surface area contributed by atoms with E-state index >= 15 is 0 Å². The zero-order valence-electron chi connectivity index (χ0n) is 7.15. The van der Waals surface area contributed by atoms with Crippen LogP contribution in [0.15, 0.2) is 0 Å². The number of nitriles is 4. The van der Waals surface area contributed by atoms with Gasteiger partial charge in [0.15, 0.2) is 5.92 Å². The van der Waals surface area contributed by atoms with Gasteiger partial charge in [-0.05, 0) is 0 Å². The van der Waals surface area contributed by atoms with E-state index in [0.717, 1.165) is 0 Å². The number of hydrogen-bond donors (Lipinski definition) is 2. The molecule has 0 aliphatic carbocycles. The van der Waals surface area contributed by atoms with Crippen molar-refractivity contribution >= 4 is 7.32 Å². The molecule has 0 aromatic carbocycles. The summed E-state index contributed by atoms with van der Waals surface area (Å²) in [5.74, 6) is -1.74. The molecule has 9 heteroatoms. The van der Waals surface area contributed by atoms with Gasteiger partial charge >= 0.3 is 7.32 Å². The Kier molecular flexibility index (Phi) is 4.77. The quantitative estimate of drug-likeness (QED) is 0.315. The SMILES string of the molecule is N#CC(C#N)C(C#N)(C#N)OOB(O)O. The predicted molar refractivity (Wildman–Crippen MR) is 41.0 cm³/mol. The molecule has 0 amide bonds. The summed E-state index contributed by atoms with van der Waals surface area (Å²) < 4.78 is 0. The van der Waals surface area contributed by atoms with Gasteiger partial charge in [0.1, 0.15) is 12.1 Å². The molecule has 0 aliphatic rings. The fourth-order valence-corrected chi connectivity index (χ4v) is 0.569. The summed E-state index contributed by atoms with van der Waals surface area (Å²) in [7, 11) is -2.39. The molecular formula is C6H3BN4O4. The summed E-state index contributed by atoms with van der Waals surface area (Å²) >= 11 is 0. The maximum Gasteiger partial charge on any atom is 0.662 e. The summed E-state index contributed by atoms with van der Waals surface area (Å²) in [6, 6.07) is 5.18. The van der Waals surface area contributed by atoms with Crippen LogP contribution in [0.4, 0.5) is 0 Å². The van der Waals surface area contributed by atoms with Crippen LogP contribution >= 0.6 is 0 Å². The van der Waals surface area contributed by atoms with Crippen LogP contribution in [0.2, 0.25) is 0 Å². The van der Waals surface area contributed by atoms with Crippen LogP contribution in [-0.4, -0.2) is 23.0 Å². The van der Waals surface area contributed by atoms with E-state index in [4.69, 9.17) is 31.1 Å². The van der Waals surface area contributed by atoms with Crippen LogP contribution in [0.3, 0.4) is 0 Å². The lowest BCUT2D eigenvalue weighted by Gasteiger charge is -2.17. The van der Waals surface area contributed by atoms with Crippen LogP contribution in [0.1, 0.15) is 0 Å². The van der Waals surface area contributed by atoms with E-state index in [1.807, 2.05) is 0 Å². The van der Waals surface area contributed by atoms with E-state index in [-0.39, 0.29) is 0 Å². The molecule has 15 heavy (non-hydrogen) atoms. The molecule has 74 valence electrons. The molecule has 0 saturated heterocycles. The fourth-order valence-electron chi connectivity index (χ4n) is 0.569. The topological polar surface area (TPSA) is 154 Å². The minimum atomic E-state index is -2.52. The first-order valence-electron chi connectivity index (χ1n) is 3.38. The van der Waals surface area contributed by atoms with Crippen LogP contribution in [0.25, 0.3) is 0 Å². The standard InChI is InChI=1S/C6H3BN4O4/c8-1-5(2-9)6(3-10,4-11)14-15-7(12)13/h5,12-13H. The minimum absolute atomic E-state index is 1.25. The van der Waals surface area contributed by atoms with E-state index in [9.17, 15) is 0 Å². The van der Waals surface area contributed by atoms with E-state index in [1.165, 1.54) is 24.3 Å². The maximum absolute atomic E-state index is 8.58. The molecule has 0 aliphatic heterocycles. The van der Waals surface area contributed by atoms with Gasteiger partial charge in [-0.1, -0.05) is 0 Å². The van der Waals surface area contributed by atoms with Crippen molar-refractivity contribution in [3.05, 3.63) is 0 Å². The molecule has 0 saturated carbocycles. The Morgan fingerprint density at radius 1 is 1.07 bits per heavy atom. The van der Waals surface area contributed by atoms with Gasteiger partial charge in [0.2, 0.25) is 0 Å². The van der Waals surface area contributed by atoms with E-state index in [2.05, 4.69) is 9.69 Å². The lowest BCUT2D eigenvalue weighted by Crippen LogP contribution is -2.39. The highest BCUT2D eigenvalue weighted by molar-refractivity contribution is 6.32. The molecule has 0 fully saturated rings. The molecule has 0 rings (SSSR count). The Bertz CT molecular complexity index is 356. The second-order valence-corrected chi connectivity index (χ2v) is 2.16. The van der Waals surface area contributed by atoms with Crippen LogP contribution in [0.5, 0.6) is 0 Å². The van der Waals surface area contributed by atoms with Crippen LogP contribution < -0.4 is 0 Å². The summed E-state index contributed by atoms with van der Waals surface area (Å²) in [4.78, 5) is 7.80. The van der Waals surface area contributed by atoms with Crippen molar-refractivity contribution in [2.24, 2.45) is 5.92 Å². The highest BCUT2D eigenvalue weighted by atomic mass is 17.2. The van der Waals surface area contributed by atoms with Crippen molar-refractivity contribution in [1.82, 2.24) is 0 Å². The lowest BCUT2D eigenvalue weighted by molar-refractivity contribution is -0.282. The smallest absolute Gasteiger partial charge is 0.400 e. The monoisotopic (exact) mass is 206 g/mol. The zero-order valence-corrected chi connectivity index (χ0v) is 7.15. The molecule has 0 radical (unpaired) electrons. The second kappa shape index (κ2) is 5.56. The van der Waals surface area contributed by atoms with Crippen molar-refractivity contribution in [3.63, 3.8) is 0 Å². The third-order valence-electron chi connectivity index (χ3n) is 1.26.